The molecule has 0 unspecified atom stereocenters. The first-order chi connectivity index (χ1) is 11.3. The highest BCUT2D eigenvalue weighted by Gasteiger charge is 2.07. The van der Waals surface area contributed by atoms with Crippen molar-refractivity contribution in [1.82, 2.24) is 5.32 Å². The number of benzene rings is 1. The summed E-state index contributed by atoms with van der Waals surface area (Å²) in [4.78, 5) is 45.1. The van der Waals surface area contributed by atoms with Gasteiger partial charge >= 0.3 is 5.97 Å². The van der Waals surface area contributed by atoms with Crippen molar-refractivity contribution in [2.24, 2.45) is 0 Å². The molecule has 0 heterocycles. The number of carboxylic acid groups (broad SMARTS) is 1. The third-order valence-corrected chi connectivity index (χ3v) is 3.12. The second-order valence-corrected chi connectivity index (χ2v) is 5.20. The predicted molar refractivity (Wildman–Crippen MR) is 88.7 cm³/mol. The standard InChI is InChI=1S/C17H20N2O5/c1-11(17(24)18-9-3-4-16(22)23)10-15(21)19-14-7-5-13(6-8-14)12(2)20/h5-8,10H,3-4,9H2,1-2H3,(H,18,24)(H,19,21)(H,22,23)/b11-10-. The lowest BCUT2D eigenvalue weighted by atomic mass is 10.1. The molecule has 0 radical (unpaired) electrons. The summed E-state index contributed by atoms with van der Waals surface area (Å²) < 4.78 is 0. The highest BCUT2D eigenvalue weighted by molar-refractivity contribution is 6.06. The summed E-state index contributed by atoms with van der Waals surface area (Å²) in [5, 5.41) is 13.6. The largest absolute Gasteiger partial charge is 0.481 e. The van der Waals surface area contributed by atoms with Crippen LogP contribution >= 0.6 is 0 Å². The molecule has 0 aromatic heterocycles. The van der Waals surface area contributed by atoms with Crippen molar-refractivity contribution < 1.29 is 24.3 Å². The van der Waals surface area contributed by atoms with Crippen LogP contribution in [0.4, 0.5) is 5.69 Å². The minimum Gasteiger partial charge on any atom is -0.481 e. The van der Waals surface area contributed by atoms with Crippen LogP contribution in [0.1, 0.15) is 37.0 Å². The first kappa shape index (κ1) is 19.1. The summed E-state index contributed by atoms with van der Waals surface area (Å²) in [6, 6.07) is 6.40. The highest BCUT2D eigenvalue weighted by atomic mass is 16.4. The number of anilines is 1. The molecule has 0 fully saturated rings. The van der Waals surface area contributed by atoms with Crippen molar-refractivity contribution in [1.29, 1.82) is 0 Å². The van der Waals surface area contributed by atoms with Gasteiger partial charge in [0.1, 0.15) is 0 Å². The summed E-state index contributed by atoms with van der Waals surface area (Å²) in [5.41, 5.74) is 1.26. The molecule has 0 aliphatic carbocycles. The summed E-state index contributed by atoms with van der Waals surface area (Å²) in [5.74, 6) is -1.89. The van der Waals surface area contributed by atoms with Gasteiger partial charge < -0.3 is 15.7 Å². The van der Waals surface area contributed by atoms with E-state index in [-0.39, 0.29) is 24.3 Å². The Bertz CT molecular complexity index is 662. The Kier molecular flexibility index (Phi) is 7.35. The molecule has 7 nitrogen and oxygen atoms in total. The third-order valence-electron chi connectivity index (χ3n) is 3.12. The van der Waals surface area contributed by atoms with E-state index >= 15 is 0 Å². The van der Waals surface area contributed by atoms with Crippen molar-refractivity contribution >= 4 is 29.3 Å². The molecular formula is C17H20N2O5. The maximum Gasteiger partial charge on any atom is 0.303 e. The van der Waals surface area contributed by atoms with Crippen molar-refractivity contribution in [3.8, 4) is 0 Å². The van der Waals surface area contributed by atoms with Gasteiger partial charge in [0.05, 0.1) is 0 Å². The molecule has 0 saturated carbocycles. The van der Waals surface area contributed by atoms with Crippen LogP contribution < -0.4 is 10.6 Å². The molecule has 0 spiro atoms. The Morgan fingerprint density at radius 3 is 2.25 bits per heavy atom. The van der Waals surface area contributed by atoms with Gasteiger partial charge in [-0.05, 0) is 44.5 Å². The molecule has 128 valence electrons. The van der Waals surface area contributed by atoms with Gasteiger partial charge in [0.25, 0.3) is 0 Å². The van der Waals surface area contributed by atoms with Crippen LogP contribution in [0, 0.1) is 0 Å². The molecule has 0 aliphatic rings. The van der Waals surface area contributed by atoms with Gasteiger partial charge in [0.15, 0.2) is 5.78 Å². The number of hydrogen-bond acceptors (Lipinski definition) is 4. The van der Waals surface area contributed by atoms with E-state index in [0.717, 1.165) is 6.08 Å². The van der Waals surface area contributed by atoms with Gasteiger partial charge in [-0.1, -0.05) is 0 Å². The van der Waals surface area contributed by atoms with E-state index in [1.54, 1.807) is 24.3 Å². The molecule has 7 heteroatoms. The maximum absolute atomic E-state index is 11.9. The minimum absolute atomic E-state index is 0.0280. The molecular weight excluding hydrogens is 312 g/mol. The van der Waals surface area contributed by atoms with E-state index in [4.69, 9.17) is 5.11 Å². The molecule has 0 atom stereocenters. The molecule has 1 aromatic carbocycles. The van der Waals surface area contributed by atoms with Gasteiger partial charge in [0, 0.05) is 35.9 Å². The number of carbonyl (C=O) groups excluding carboxylic acids is 3. The fourth-order valence-corrected chi connectivity index (χ4v) is 1.81. The zero-order chi connectivity index (χ0) is 18.1. The lowest BCUT2D eigenvalue weighted by Crippen LogP contribution is -2.26. The van der Waals surface area contributed by atoms with Crippen LogP contribution in [0.15, 0.2) is 35.9 Å². The van der Waals surface area contributed by atoms with Gasteiger partial charge in [-0.25, -0.2) is 0 Å². The highest BCUT2D eigenvalue weighted by Crippen LogP contribution is 2.10. The summed E-state index contributed by atoms with van der Waals surface area (Å²) >= 11 is 0. The monoisotopic (exact) mass is 332 g/mol. The van der Waals surface area contributed by atoms with Gasteiger partial charge in [-0.2, -0.15) is 0 Å². The number of Topliss-reactive ketones (excluding diaryl/α,β-unsaturated/α-hetero) is 1. The Morgan fingerprint density at radius 1 is 1.08 bits per heavy atom. The number of hydrogen-bond donors (Lipinski definition) is 3. The molecule has 0 saturated heterocycles. The maximum atomic E-state index is 11.9. The molecule has 24 heavy (non-hydrogen) atoms. The fourth-order valence-electron chi connectivity index (χ4n) is 1.81. The molecule has 2 amide bonds. The Labute approximate surface area is 139 Å². The van der Waals surface area contributed by atoms with Gasteiger partial charge in [0.2, 0.25) is 11.8 Å². The van der Waals surface area contributed by atoms with Gasteiger partial charge in [-0.3, -0.25) is 19.2 Å². The first-order valence-electron chi connectivity index (χ1n) is 7.40. The van der Waals surface area contributed by atoms with E-state index in [9.17, 15) is 19.2 Å². The lowest BCUT2D eigenvalue weighted by Gasteiger charge is -2.06. The normalized spacial score (nSPS) is 10.8. The van der Waals surface area contributed by atoms with E-state index in [1.165, 1.54) is 13.8 Å². The number of rotatable bonds is 8. The Hall–Kier alpha value is -2.96. The predicted octanol–water partition coefficient (Wildman–Crippen LogP) is 1.75. The fraction of sp³-hybridized carbons (Fsp3) is 0.294. The van der Waals surface area contributed by atoms with Crippen LogP contribution in [-0.4, -0.2) is 35.2 Å². The number of ketones is 1. The zero-order valence-electron chi connectivity index (χ0n) is 13.6. The number of carbonyl (C=O) groups is 4. The van der Waals surface area contributed by atoms with Crippen molar-refractivity contribution in [3.05, 3.63) is 41.5 Å². The zero-order valence-corrected chi connectivity index (χ0v) is 13.6. The van der Waals surface area contributed by atoms with E-state index in [0.29, 0.717) is 17.7 Å². The summed E-state index contributed by atoms with van der Waals surface area (Å²) in [6.45, 7) is 3.17. The smallest absolute Gasteiger partial charge is 0.303 e. The van der Waals surface area contributed by atoms with E-state index < -0.39 is 17.8 Å². The minimum atomic E-state index is -0.924. The van der Waals surface area contributed by atoms with Crippen LogP contribution in [-0.2, 0) is 14.4 Å². The summed E-state index contributed by atoms with van der Waals surface area (Å²) in [7, 11) is 0. The van der Waals surface area contributed by atoms with Crippen LogP contribution in [0.3, 0.4) is 0 Å². The van der Waals surface area contributed by atoms with Crippen LogP contribution in [0.2, 0.25) is 0 Å². The topological polar surface area (TPSA) is 113 Å². The van der Waals surface area contributed by atoms with Crippen molar-refractivity contribution in [3.63, 3.8) is 0 Å². The second kappa shape index (κ2) is 9.24. The second-order valence-electron chi connectivity index (χ2n) is 5.20. The summed E-state index contributed by atoms with van der Waals surface area (Å²) in [6.07, 6.45) is 1.45. The molecule has 0 bridgehead atoms. The Balaban J connectivity index is 2.51. The number of aliphatic carboxylic acids is 1. The van der Waals surface area contributed by atoms with Crippen molar-refractivity contribution in [2.75, 3.05) is 11.9 Å². The first-order valence-corrected chi connectivity index (χ1v) is 7.40. The average Bonchev–Trinajstić information content (AvgIpc) is 2.51. The molecule has 0 aliphatic heterocycles. The SMILES string of the molecule is CC(=O)c1ccc(NC(=O)/C=C(/C)C(=O)NCCCC(=O)O)cc1. The molecule has 3 N–H and O–H groups in total. The number of carboxylic acids is 1. The third kappa shape index (κ3) is 6.87. The van der Waals surface area contributed by atoms with E-state index in [1.807, 2.05) is 0 Å². The van der Waals surface area contributed by atoms with E-state index in [2.05, 4.69) is 10.6 Å². The molecule has 1 rings (SSSR count). The Morgan fingerprint density at radius 2 is 1.71 bits per heavy atom. The van der Waals surface area contributed by atoms with Crippen LogP contribution in [0.25, 0.3) is 0 Å². The van der Waals surface area contributed by atoms with Gasteiger partial charge in [-0.15, -0.1) is 0 Å². The number of nitrogens with one attached hydrogen (secondary N) is 2. The average molecular weight is 332 g/mol. The number of amides is 2. The lowest BCUT2D eigenvalue weighted by molar-refractivity contribution is -0.137. The quantitative estimate of drug-likeness (QED) is 0.381. The van der Waals surface area contributed by atoms with Crippen LogP contribution in [0.5, 0.6) is 0 Å². The molecule has 1 aromatic rings. The van der Waals surface area contributed by atoms with Crippen molar-refractivity contribution in [2.45, 2.75) is 26.7 Å².